The van der Waals surface area contributed by atoms with Gasteiger partial charge in [-0.05, 0) is 17.7 Å². The number of hydrogen-bond acceptors (Lipinski definition) is 2. The van der Waals surface area contributed by atoms with E-state index in [9.17, 15) is 9.50 Å². The summed E-state index contributed by atoms with van der Waals surface area (Å²) in [5, 5.41) is 14.5. The van der Waals surface area contributed by atoms with Crippen LogP contribution >= 0.6 is 0 Å². The number of rotatable bonds is 3. The first-order chi connectivity index (χ1) is 8.41. The summed E-state index contributed by atoms with van der Waals surface area (Å²) in [6.45, 7) is 3.86. The molecule has 3 nitrogen and oxygen atoms in total. The van der Waals surface area contributed by atoms with Gasteiger partial charge in [0.05, 0.1) is 12.3 Å². The van der Waals surface area contributed by atoms with Crippen molar-refractivity contribution in [1.82, 2.24) is 9.78 Å². The minimum atomic E-state index is -0.684. The minimum Gasteiger partial charge on any atom is -0.387 e. The second kappa shape index (κ2) is 4.53. The summed E-state index contributed by atoms with van der Waals surface area (Å²) in [6, 6.07) is 6.23. The maximum absolute atomic E-state index is 12.9. The van der Waals surface area contributed by atoms with Gasteiger partial charge in [0.1, 0.15) is 5.82 Å². The topological polar surface area (TPSA) is 38.0 Å². The van der Waals surface area contributed by atoms with Crippen LogP contribution in [0.3, 0.4) is 0 Å². The van der Waals surface area contributed by atoms with Gasteiger partial charge >= 0.3 is 0 Å². The van der Waals surface area contributed by atoms with E-state index in [0.29, 0.717) is 0 Å². The Morgan fingerprint density at radius 1 is 1.28 bits per heavy atom. The summed E-state index contributed by atoms with van der Waals surface area (Å²) >= 11 is 0. The molecule has 2 aromatic rings. The molecule has 0 aliphatic carbocycles. The molecule has 0 saturated carbocycles. The molecular weight excluding hydrogens is 231 g/mol. The molecule has 0 spiro atoms. The average Bonchev–Trinajstić information content (AvgIpc) is 2.75. The van der Waals surface area contributed by atoms with Crippen LogP contribution in [-0.2, 0) is 12.5 Å². The highest BCUT2D eigenvalue weighted by atomic mass is 19.1. The van der Waals surface area contributed by atoms with Crippen LogP contribution in [0.5, 0.6) is 0 Å². The number of aromatic nitrogens is 2. The lowest BCUT2D eigenvalue weighted by Gasteiger charge is -2.30. The third-order valence-electron chi connectivity index (χ3n) is 3.31. The van der Waals surface area contributed by atoms with Crippen molar-refractivity contribution in [3.63, 3.8) is 0 Å². The Balaban J connectivity index is 2.32. The first kappa shape index (κ1) is 12.8. The number of halogens is 1. The molecule has 1 aromatic heterocycles. The van der Waals surface area contributed by atoms with Gasteiger partial charge in [-0.3, -0.25) is 4.68 Å². The molecule has 1 unspecified atom stereocenters. The summed E-state index contributed by atoms with van der Waals surface area (Å²) < 4.78 is 14.6. The van der Waals surface area contributed by atoms with Crippen LogP contribution in [0.25, 0.3) is 0 Å². The fourth-order valence-electron chi connectivity index (χ4n) is 2.04. The van der Waals surface area contributed by atoms with Crippen LogP contribution in [0, 0.1) is 5.82 Å². The molecule has 4 heteroatoms. The molecule has 0 aliphatic heterocycles. The van der Waals surface area contributed by atoms with E-state index < -0.39 is 11.5 Å². The van der Waals surface area contributed by atoms with Crippen LogP contribution in [0.1, 0.15) is 31.1 Å². The molecule has 1 N–H and O–H groups in total. The molecule has 18 heavy (non-hydrogen) atoms. The van der Waals surface area contributed by atoms with Crippen LogP contribution in [0.4, 0.5) is 4.39 Å². The largest absolute Gasteiger partial charge is 0.387 e. The smallest absolute Gasteiger partial charge is 0.123 e. The van der Waals surface area contributed by atoms with Gasteiger partial charge in [-0.15, -0.1) is 0 Å². The van der Waals surface area contributed by atoms with Gasteiger partial charge < -0.3 is 5.11 Å². The molecule has 96 valence electrons. The quantitative estimate of drug-likeness (QED) is 0.906. The van der Waals surface area contributed by atoms with Gasteiger partial charge in [-0.1, -0.05) is 26.0 Å². The lowest BCUT2D eigenvalue weighted by atomic mass is 9.77. The zero-order valence-corrected chi connectivity index (χ0v) is 10.8. The standard InChI is InChI=1S/C14H17FN2O/c1-14(2,11-4-6-12(15)7-5-11)13(18)10-8-16-17(3)9-10/h4-9,13,18H,1-3H3. The van der Waals surface area contributed by atoms with Gasteiger partial charge in [0.2, 0.25) is 0 Å². The molecular formula is C14H17FN2O. The van der Waals surface area contributed by atoms with Gasteiger partial charge in [0.15, 0.2) is 0 Å². The zero-order valence-electron chi connectivity index (χ0n) is 10.8. The Bertz CT molecular complexity index is 531. The lowest BCUT2D eigenvalue weighted by molar-refractivity contribution is 0.100. The number of hydrogen-bond donors (Lipinski definition) is 1. The zero-order chi connectivity index (χ0) is 13.3. The molecule has 0 fully saturated rings. The average molecular weight is 248 g/mol. The van der Waals surface area contributed by atoms with Crippen molar-refractivity contribution in [3.05, 3.63) is 53.6 Å². The van der Waals surface area contributed by atoms with E-state index in [0.717, 1.165) is 11.1 Å². The number of nitrogens with zero attached hydrogens (tertiary/aromatic N) is 2. The van der Waals surface area contributed by atoms with E-state index in [4.69, 9.17) is 0 Å². The van der Waals surface area contributed by atoms with Gasteiger partial charge in [0.25, 0.3) is 0 Å². The minimum absolute atomic E-state index is 0.273. The molecule has 0 radical (unpaired) electrons. The highest BCUT2D eigenvalue weighted by Gasteiger charge is 2.31. The SMILES string of the molecule is Cn1cc(C(O)C(C)(C)c2ccc(F)cc2)cn1. The summed E-state index contributed by atoms with van der Waals surface area (Å²) in [7, 11) is 1.81. The first-order valence-electron chi connectivity index (χ1n) is 5.84. The Hall–Kier alpha value is -1.68. The molecule has 0 saturated heterocycles. The number of aliphatic hydroxyl groups is 1. The predicted octanol–water partition coefficient (Wildman–Crippen LogP) is 2.57. The number of aliphatic hydroxyl groups excluding tert-OH is 1. The normalized spacial score (nSPS) is 13.6. The lowest BCUT2D eigenvalue weighted by Crippen LogP contribution is -2.26. The molecule has 1 aromatic carbocycles. The monoisotopic (exact) mass is 248 g/mol. The van der Waals surface area contributed by atoms with Crippen LogP contribution < -0.4 is 0 Å². The van der Waals surface area contributed by atoms with Crippen molar-refractivity contribution in [1.29, 1.82) is 0 Å². The molecule has 0 aliphatic rings. The second-order valence-corrected chi connectivity index (χ2v) is 5.08. The van der Waals surface area contributed by atoms with Crippen molar-refractivity contribution < 1.29 is 9.50 Å². The third-order valence-corrected chi connectivity index (χ3v) is 3.31. The van der Waals surface area contributed by atoms with Crippen molar-refractivity contribution in [2.75, 3.05) is 0 Å². The molecule has 1 heterocycles. The Labute approximate surface area is 106 Å². The molecule has 0 bridgehead atoms. The van der Waals surface area contributed by atoms with Gasteiger partial charge in [-0.25, -0.2) is 4.39 Å². The summed E-state index contributed by atoms with van der Waals surface area (Å²) in [5.74, 6) is -0.273. The Morgan fingerprint density at radius 2 is 1.89 bits per heavy atom. The van der Waals surface area contributed by atoms with Gasteiger partial charge in [0, 0.05) is 24.2 Å². The van der Waals surface area contributed by atoms with E-state index in [-0.39, 0.29) is 5.82 Å². The molecule has 1 atom stereocenters. The van der Waals surface area contributed by atoms with E-state index in [1.807, 2.05) is 13.8 Å². The van der Waals surface area contributed by atoms with E-state index in [1.54, 1.807) is 36.3 Å². The van der Waals surface area contributed by atoms with Crippen LogP contribution in [0.2, 0.25) is 0 Å². The summed E-state index contributed by atoms with van der Waals surface area (Å²) in [4.78, 5) is 0. The van der Waals surface area contributed by atoms with Crippen molar-refractivity contribution in [2.45, 2.75) is 25.4 Å². The van der Waals surface area contributed by atoms with Gasteiger partial charge in [-0.2, -0.15) is 5.10 Å². The van der Waals surface area contributed by atoms with Crippen LogP contribution in [0.15, 0.2) is 36.7 Å². The highest BCUT2D eigenvalue weighted by Crippen LogP contribution is 2.36. The fraction of sp³-hybridized carbons (Fsp3) is 0.357. The second-order valence-electron chi connectivity index (χ2n) is 5.08. The molecule has 2 rings (SSSR count). The maximum atomic E-state index is 12.9. The van der Waals surface area contributed by atoms with E-state index in [1.165, 1.54) is 12.1 Å². The maximum Gasteiger partial charge on any atom is 0.123 e. The number of aryl methyl sites for hydroxylation is 1. The Morgan fingerprint density at radius 3 is 2.39 bits per heavy atom. The summed E-state index contributed by atoms with van der Waals surface area (Å²) in [5.41, 5.74) is 1.14. The van der Waals surface area contributed by atoms with Crippen molar-refractivity contribution >= 4 is 0 Å². The van der Waals surface area contributed by atoms with Crippen LogP contribution in [-0.4, -0.2) is 14.9 Å². The van der Waals surface area contributed by atoms with E-state index >= 15 is 0 Å². The van der Waals surface area contributed by atoms with Crippen molar-refractivity contribution in [3.8, 4) is 0 Å². The first-order valence-corrected chi connectivity index (χ1v) is 5.84. The third kappa shape index (κ3) is 2.29. The number of benzene rings is 1. The fourth-order valence-corrected chi connectivity index (χ4v) is 2.04. The van der Waals surface area contributed by atoms with Crippen molar-refractivity contribution in [2.24, 2.45) is 7.05 Å². The summed E-state index contributed by atoms with van der Waals surface area (Å²) in [6.07, 6.45) is 2.75. The predicted molar refractivity (Wildman–Crippen MR) is 67.6 cm³/mol. The van der Waals surface area contributed by atoms with E-state index in [2.05, 4.69) is 5.10 Å². The molecule has 0 amide bonds. The Kier molecular flexibility index (Phi) is 3.22. The highest BCUT2D eigenvalue weighted by molar-refractivity contribution is 5.29.